The van der Waals surface area contributed by atoms with Crippen molar-refractivity contribution >= 4 is 17.8 Å². The number of nitrogens with zero attached hydrogens (tertiary/aromatic N) is 2. The number of esters is 1. The zero-order valence-electron chi connectivity index (χ0n) is 19.2. The second-order valence-electron chi connectivity index (χ2n) is 8.53. The van der Waals surface area contributed by atoms with Gasteiger partial charge in [-0.3, -0.25) is 14.5 Å². The number of benzene rings is 1. The number of ether oxygens (including phenoxy) is 2. The molecule has 32 heavy (non-hydrogen) atoms. The molecule has 8 nitrogen and oxygen atoms in total. The van der Waals surface area contributed by atoms with E-state index in [1.165, 1.54) is 14.2 Å². The van der Waals surface area contributed by atoms with Crippen molar-refractivity contribution in [3.05, 3.63) is 29.3 Å². The fourth-order valence-corrected chi connectivity index (χ4v) is 4.57. The first kappa shape index (κ1) is 24.0. The molecular formula is C24H35N3O5. The smallest absolute Gasteiger partial charge is 0.338 e. The molecule has 3 rings (SSSR count). The van der Waals surface area contributed by atoms with Gasteiger partial charge in [0.25, 0.3) is 5.91 Å². The number of rotatable bonds is 3. The molecule has 2 heterocycles. The molecule has 8 heteroatoms. The molecule has 176 valence electrons. The van der Waals surface area contributed by atoms with Gasteiger partial charge in [-0.05, 0) is 56.8 Å². The molecule has 1 unspecified atom stereocenters. The summed E-state index contributed by atoms with van der Waals surface area (Å²) in [4.78, 5) is 42.0. The number of carbonyl (C=O) groups excluding carboxylic acids is 3. The summed E-state index contributed by atoms with van der Waals surface area (Å²) in [5, 5.41) is 3.03. The van der Waals surface area contributed by atoms with Crippen molar-refractivity contribution in [1.29, 1.82) is 0 Å². The Hall–Kier alpha value is -2.61. The summed E-state index contributed by atoms with van der Waals surface area (Å²) in [6.07, 6.45) is 6.39. The van der Waals surface area contributed by atoms with Crippen LogP contribution in [-0.2, 0) is 9.53 Å². The summed E-state index contributed by atoms with van der Waals surface area (Å²) in [7, 11) is 2.82. The third-order valence-corrected chi connectivity index (χ3v) is 6.32. The maximum absolute atomic E-state index is 13.4. The number of fused-ring (bicyclic) bond motifs is 1. The lowest BCUT2D eigenvalue weighted by atomic mass is 9.98. The Bertz CT molecular complexity index is 813. The van der Waals surface area contributed by atoms with Crippen molar-refractivity contribution in [3.8, 4) is 5.75 Å². The van der Waals surface area contributed by atoms with Crippen LogP contribution in [0.2, 0.25) is 0 Å². The quantitative estimate of drug-likeness (QED) is 0.719. The van der Waals surface area contributed by atoms with E-state index in [4.69, 9.17) is 9.47 Å². The molecule has 0 aromatic heterocycles. The molecule has 2 fully saturated rings. The number of nitrogens with one attached hydrogen (secondary N) is 1. The molecule has 0 bridgehead atoms. The molecule has 2 amide bonds. The highest BCUT2D eigenvalue weighted by Crippen LogP contribution is 2.22. The van der Waals surface area contributed by atoms with Crippen molar-refractivity contribution in [1.82, 2.24) is 15.1 Å². The van der Waals surface area contributed by atoms with Gasteiger partial charge < -0.3 is 19.7 Å². The van der Waals surface area contributed by atoms with Gasteiger partial charge in [0.05, 0.1) is 19.8 Å². The second-order valence-corrected chi connectivity index (χ2v) is 8.53. The zero-order chi connectivity index (χ0) is 22.9. The Labute approximate surface area is 190 Å². The lowest BCUT2D eigenvalue weighted by molar-refractivity contribution is -0.122. The van der Waals surface area contributed by atoms with E-state index in [0.717, 1.165) is 51.6 Å². The van der Waals surface area contributed by atoms with E-state index in [-0.39, 0.29) is 17.9 Å². The van der Waals surface area contributed by atoms with Crippen LogP contribution in [0.3, 0.4) is 0 Å². The fraction of sp³-hybridized carbons (Fsp3) is 0.625. The van der Waals surface area contributed by atoms with Crippen LogP contribution in [0.15, 0.2) is 18.2 Å². The van der Waals surface area contributed by atoms with E-state index in [1.807, 2.05) is 4.90 Å². The zero-order valence-corrected chi connectivity index (χ0v) is 19.2. The minimum Gasteiger partial charge on any atom is -0.497 e. The molecule has 1 aromatic carbocycles. The molecule has 2 saturated heterocycles. The van der Waals surface area contributed by atoms with Crippen molar-refractivity contribution in [2.75, 3.05) is 46.9 Å². The first-order valence-electron chi connectivity index (χ1n) is 11.6. The van der Waals surface area contributed by atoms with Gasteiger partial charge in [-0.1, -0.05) is 6.42 Å². The summed E-state index contributed by atoms with van der Waals surface area (Å²) < 4.78 is 10.1. The Kier molecular flexibility index (Phi) is 8.90. The largest absolute Gasteiger partial charge is 0.497 e. The summed E-state index contributed by atoms with van der Waals surface area (Å²) in [5.41, 5.74) is 0.707. The van der Waals surface area contributed by atoms with Crippen LogP contribution in [0.1, 0.15) is 65.7 Å². The van der Waals surface area contributed by atoms with E-state index in [0.29, 0.717) is 42.9 Å². The first-order chi connectivity index (χ1) is 15.5. The topological polar surface area (TPSA) is 88.2 Å². The number of methoxy groups -OCH3 is 2. The first-order valence-corrected chi connectivity index (χ1v) is 11.6. The Morgan fingerprint density at radius 1 is 0.938 bits per heavy atom. The maximum atomic E-state index is 13.4. The Balaban J connectivity index is 1.76. The van der Waals surface area contributed by atoms with Gasteiger partial charge in [-0.15, -0.1) is 0 Å². The normalized spacial score (nSPS) is 21.2. The predicted molar refractivity (Wildman–Crippen MR) is 121 cm³/mol. The molecule has 0 radical (unpaired) electrons. The average Bonchev–Trinajstić information content (AvgIpc) is 2.83. The lowest BCUT2D eigenvalue weighted by Crippen LogP contribution is -2.44. The highest BCUT2D eigenvalue weighted by Gasteiger charge is 2.25. The van der Waals surface area contributed by atoms with E-state index in [9.17, 15) is 14.4 Å². The summed E-state index contributed by atoms with van der Waals surface area (Å²) >= 11 is 0. The molecule has 2 aliphatic heterocycles. The van der Waals surface area contributed by atoms with Crippen molar-refractivity contribution in [3.63, 3.8) is 0 Å². The maximum Gasteiger partial charge on any atom is 0.338 e. The van der Waals surface area contributed by atoms with Crippen LogP contribution >= 0.6 is 0 Å². The van der Waals surface area contributed by atoms with Gasteiger partial charge in [0.15, 0.2) is 0 Å². The number of piperidine rings is 1. The van der Waals surface area contributed by atoms with Crippen LogP contribution in [0.5, 0.6) is 5.75 Å². The van der Waals surface area contributed by atoms with Gasteiger partial charge in [-0.25, -0.2) is 4.79 Å². The van der Waals surface area contributed by atoms with Crippen LogP contribution in [0.4, 0.5) is 0 Å². The van der Waals surface area contributed by atoms with E-state index < -0.39 is 5.97 Å². The van der Waals surface area contributed by atoms with Crippen molar-refractivity contribution < 1.29 is 23.9 Å². The van der Waals surface area contributed by atoms with Crippen LogP contribution in [0, 0.1) is 0 Å². The highest BCUT2D eigenvalue weighted by atomic mass is 16.5. The van der Waals surface area contributed by atoms with Gasteiger partial charge in [0.2, 0.25) is 5.91 Å². The third kappa shape index (κ3) is 6.45. The molecule has 0 aliphatic carbocycles. The average molecular weight is 446 g/mol. The molecule has 1 atom stereocenters. The lowest BCUT2D eigenvalue weighted by Gasteiger charge is -2.35. The summed E-state index contributed by atoms with van der Waals surface area (Å²) in [6, 6.07) is 5.09. The van der Waals surface area contributed by atoms with Crippen molar-refractivity contribution in [2.45, 2.75) is 51.0 Å². The predicted octanol–water partition coefficient (Wildman–Crippen LogP) is 2.47. The third-order valence-electron chi connectivity index (χ3n) is 6.32. The fourth-order valence-electron chi connectivity index (χ4n) is 4.57. The standard InChI is InChI=1S/C24H35N3O5/c1-31-21-15-18(14-19(16-21)24(30)32-2)23(29)27-11-6-4-9-25-22(28)17-20-8-3-5-10-26(20)12-7-13-27/h14-16,20H,3-13,17H2,1-2H3,(H,25,28). The van der Waals surface area contributed by atoms with Crippen LogP contribution in [0.25, 0.3) is 0 Å². The molecule has 0 spiro atoms. The molecule has 0 saturated carbocycles. The monoisotopic (exact) mass is 445 g/mol. The molecule has 1 aromatic rings. The molecule has 1 N–H and O–H groups in total. The van der Waals surface area contributed by atoms with Gasteiger partial charge in [-0.2, -0.15) is 0 Å². The van der Waals surface area contributed by atoms with Crippen molar-refractivity contribution in [2.24, 2.45) is 0 Å². The second kappa shape index (κ2) is 11.9. The Morgan fingerprint density at radius 2 is 1.66 bits per heavy atom. The molecule has 2 aliphatic rings. The number of hydrogen-bond donors (Lipinski definition) is 1. The van der Waals surface area contributed by atoms with E-state index >= 15 is 0 Å². The molecular weight excluding hydrogens is 410 g/mol. The Morgan fingerprint density at radius 3 is 2.44 bits per heavy atom. The van der Waals surface area contributed by atoms with Gasteiger partial charge >= 0.3 is 5.97 Å². The number of carbonyl (C=O) groups is 3. The van der Waals surface area contributed by atoms with E-state index in [1.54, 1.807) is 18.2 Å². The summed E-state index contributed by atoms with van der Waals surface area (Å²) in [6.45, 7) is 3.73. The minimum absolute atomic E-state index is 0.122. The number of hydrogen-bond acceptors (Lipinski definition) is 6. The van der Waals surface area contributed by atoms with Gasteiger partial charge in [0.1, 0.15) is 5.75 Å². The van der Waals surface area contributed by atoms with Gasteiger partial charge in [0, 0.05) is 44.2 Å². The highest BCUT2D eigenvalue weighted by molar-refractivity contribution is 5.98. The minimum atomic E-state index is -0.505. The van der Waals surface area contributed by atoms with E-state index in [2.05, 4.69) is 10.2 Å². The SMILES string of the molecule is COC(=O)c1cc(OC)cc(C(=O)N2CCCCNC(=O)CC3CCCCN3CCC2)c1. The van der Waals surface area contributed by atoms with Crippen LogP contribution < -0.4 is 10.1 Å². The summed E-state index contributed by atoms with van der Waals surface area (Å²) in [5.74, 6) is -0.0558. The van der Waals surface area contributed by atoms with Crippen LogP contribution in [-0.4, -0.2) is 80.6 Å². The number of amides is 2.